The number of ether oxygens (including phenoxy) is 3. The fraction of sp³-hybridized carbons (Fsp3) is 0.188. The lowest BCUT2D eigenvalue weighted by molar-refractivity contribution is -0.402. The number of nitro groups is 1. The summed E-state index contributed by atoms with van der Waals surface area (Å²) in [6, 6.07) is 7.29. The summed E-state index contributed by atoms with van der Waals surface area (Å²) in [5.41, 5.74) is 0.340. The van der Waals surface area contributed by atoms with E-state index >= 15 is 0 Å². The quantitative estimate of drug-likeness (QED) is 0.331. The minimum Gasteiger partial charge on any atom is -0.493 e. The molecule has 1 heterocycles. The number of carbonyl (C=O) groups is 1. The lowest BCUT2D eigenvalue weighted by Gasteiger charge is -2.09. The van der Waals surface area contributed by atoms with Gasteiger partial charge in [0.1, 0.15) is 10.7 Å². The fourth-order valence-corrected chi connectivity index (χ4v) is 1.81. The van der Waals surface area contributed by atoms with Crippen molar-refractivity contribution in [3.8, 4) is 11.5 Å². The van der Waals surface area contributed by atoms with Crippen LogP contribution in [-0.2, 0) is 4.74 Å². The summed E-state index contributed by atoms with van der Waals surface area (Å²) in [5, 5.41) is 10.5. The third-order valence-electron chi connectivity index (χ3n) is 2.89. The van der Waals surface area contributed by atoms with Gasteiger partial charge < -0.3 is 18.6 Å². The molecule has 0 aliphatic rings. The van der Waals surface area contributed by atoms with E-state index in [2.05, 4.69) is 0 Å². The monoisotopic (exact) mass is 333 g/mol. The summed E-state index contributed by atoms with van der Waals surface area (Å²) >= 11 is 0. The van der Waals surface area contributed by atoms with E-state index in [1.807, 2.05) is 0 Å². The Morgan fingerprint density at radius 2 is 2.08 bits per heavy atom. The van der Waals surface area contributed by atoms with Crippen molar-refractivity contribution in [2.45, 2.75) is 6.92 Å². The summed E-state index contributed by atoms with van der Waals surface area (Å²) in [6.07, 6.45) is 2.72. The second-order valence-electron chi connectivity index (χ2n) is 4.44. The van der Waals surface area contributed by atoms with Gasteiger partial charge in [0.25, 0.3) is 0 Å². The average molecular weight is 333 g/mol. The minimum absolute atomic E-state index is 0.267. The lowest BCUT2D eigenvalue weighted by atomic mass is 10.2. The first-order valence-corrected chi connectivity index (χ1v) is 6.97. The second kappa shape index (κ2) is 7.82. The molecule has 8 nitrogen and oxygen atoms in total. The number of carbonyl (C=O) groups excluding carboxylic acids is 1. The Labute approximate surface area is 137 Å². The van der Waals surface area contributed by atoms with Crippen molar-refractivity contribution >= 4 is 17.9 Å². The van der Waals surface area contributed by atoms with Crippen LogP contribution in [0.1, 0.15) is 23.0 Å². The first-order chi connectivity index (χ1) is 11.5. The fourth-order valence-electron chi connectivity index (χ4n) is 1.81. The van der Waals surface area contributed by atoms with E-state index in [9.17, 15) is 14.9 Å². The molecule has 8 heteroatoms. The first-order valence-electron chi connectivity index (χ1n) is 6.97. The zero-order chi connectivity index (χ0) is 17.5. The molecule has 126 valence electrons. The number of rotatable bonds is 7. The molecule has 0 fully saturated rings. The van der Waals surface area contributed by atoms with E-state index in [1.165, 1.54) is 37.6 Å². The number of benzene rings is 1. The molecule has 0 aliphatic carbocycles. The topological polar surface area (TPSA) is 101 Å². The molecule has 0 saturated carbocycles. The molecule has 0 bridgehead atoms. The van der Waals surface area contributed by atoms with Gasteiger partial charge in [-0.2, -0.15) is 0 Å². The van der Waals surface area contributed by atoms with Crippen LogP contribution in [0.25, 0.3) is 6.08 Å². The average Bonchev–Trinajstić information content (AvgIpc) is 3.04. The van der Waals surface area contributed by atoms with Crippen LogP contribution >= 0.6 is 0 Å². The van der Waals surface area contributed by atoms with Crippen LogP contribution in [-0.4, -0.2) is 24.6 Å². The summed E-state index contributed by atoms with van der Waals surface area (Å²) in [5.74, 6) is 0.161. The third-order valence-corrected chi connectivity index (χ3v) is 2.89. The second-order valence-corrected chi connectivity index (χ2v) is 4.44. The molecule has 2 aromatic rings. The van der Waals surface area contributed by atoms with Crippen molar-refractivity contribution in [3.63, 3.8) is 0 Å². The molecule has 2 rings (SSSR count). The summed E-state index contributed by atoms with van der Waals surface area (Å²) in [7, 11) is 1.44. The van der Waals surface area contributed by atoms with E-state index in [0.717, 1.165) is 0 Å². The Morgan fingerprint density at radius 3 is 2.71 bits per heavy atom. The number of esters is 1. The first kappa shape index (κ1) is 17.1. The number of methoxy groups -OCH3 is 1. The lowest BCUT2D eigenvalue weighted by Crippen LogP contribution is -2.05. The van der Waals surface area contributed by atoms with Crippen molar-refractivity contribution < 1.29 is 28.3 Å². The highest BCUT2D eigenvalue weighted by molar-refractivity contribution is 5.90. The van der Waals surface area contributed by atoms with Gasteiger partial charge in [0.15, 0.2) is 11.5 Å². The SMILES string of the molecule is CCOC(=O)c1ccc(O/C=C/c2ccc([N+](=O)[O-])o2)c(OC)c1. The Kier molecular flexibility index (Phi) is 5.56. The van der Waals surface area contributed by atoms with Crippen molar-refractivity contribution in [2.24, 2.45) is 0 Å². The Balaban J connectivity index is 2.09. The van der Waals surface area contributed by atoms with Crippen molar-refractivity contribution in [1.29, 1.82) is 0 Å². The molecular formula is C16H15NO7. The van der Waals surface area contributed by atoms with Gasteiger partial charge in [-0.3, -0.25) is 10.1 Å². The van der Waals surface area contributed by atoms with Crippen LogP contribution in [0.3, 0.4) is 0 Å². The smallest absolute Gasteiger partial charge is 0.433 e. The van der Waals surface area contributed by atoms with Gasteiger partial charge in [0.05, 0.1) is 31.6 Å². The third kappa shape index (κ3) is 4.13. The molecule has 1 aromatic heterocycles. The standard InChI is InChI=1S/C16H15NO7/c1-3-22-16(18)11-4-6-13(14(10-11)21-2)23-9-8-12-5-7-15(24-12)17(19)20/h4-10H,3H2,1-2H3/b9-8+. The predicted octanol–water partition coefficient (Wildman–Crippen LogP) is 3.42. The largest absolute Gasteiger partial charge is 0.493 e. The van der Waals surface area contributed by atoms with Gasteiger partial charge in [0, 0.05) is 6.08 Å². The van der Waals surface area contributed by atoms with E-state index in [1.54, 1.807) is 19.1 Å². The van der Waals surface area contributed by atoms with Gasteiger partial charge in [0.2, 0.25) is 0 Å². The Bertz CT molecular complexity index is 764. The number of hydrogen-bond donors (Lipinski definition) is 0. The summed E-state index contributed by atoms with van der Waals surface area (Å²) < 4.78 is 20.5. The highest BCUT2D eigenvalue weighted by Crippen LogP contribution is 2.29. The van der Waals surface area contributed by atoms with Crippen LogP contribution in [0.5, 0.6) is 11.5 Å². The Hall–Kier alpha value is -3.29. The van der Waals surface area contributed by atoms with Gasteiger partial charge in [-0.15, -0.1) is 0 Å². The Morgan fingerprint density at radius 1 is 1.29 bits per heavy atom. The molecule has 0 amide bonds. The van der Waals surface area contributed by atoms with Crippen LogP contribution in [0.2, 0.25) is 0 Å². The molecule has 24 heavy (non-hydrogen) atoms. The molecule has 0 saturated heterocycles. The molecule has 0 aliphatic heterocycles. The maximum Gasteiger partial charge on any atom is 0.433 e. The van der Waals surface area contributed by atoms with Crippen LogP contribution in [0.4, 0.5) is 5.88 Å². The normalized spacial score (nSPS) is 10.6. The van der Waals surface area contributed by atoms with Gasteiger partial charge >= 0.3 is 11.9 Å². The molecule has 0 atom stereocenters. The molecule has 0 unspecified atom stereocenters. The maximum absolute atomic E-state index is 11.7. The van der Waals surface area contributed by atoms with Gasteiger partial charge in [-0.1, -0.05) is 0 Å². The predicted molar refractivity (Wildman–Crippen MR) is 84.0 cm³/mol. The molecular weight excluding hydrogens is 318 g/mol. The van der Waals surface area contributed by atoms with Crippen LogP contribution in [0, 0.1) is 10.1 Å². The molecule has 0 N–H and O–H groups in total. The minimum atomic E-state index is -0.630. The number of furan rings is 1. The number of nitrogens with zero attached hydrogens (tertiary/aromatic N) is 1. The zero-order valence-electron chi connectivity index (χ0n) is 13.1. The summed E-state index contributed by atoms with van der Waals surface area (Å²) in [6.45, 7) is 1.99. The van der Waals surface area contributed by atoms with E-state index in [0.29, 0.717) is 17.1 Å². The van der Waals surface area contributed by atoms with Crippen molar-refractivity contribution in [1.82, 2.24) is 0 Å². The van der Waals surface area contributed by atoms with Crippen LogP contribution in [0.15, 0.2) is 41.0 Å². The van der Waals surface area contributed by atoms with E-state index in [-0.39, 0.29) is 18.3 Å². The van der Waals surface area contributed by atoms with E-state index in [4.69, 9.17) is 18.6 Å². The molecule has 0 spiro atoms. The highest BCUT2D eigenvalue weighted by Gasteiger charge is 2.12. The molecule has 1 aromatic carbocycles. The van der Waals surface area contributed by atoms with E-state index < -0.39 is 10.9 Å². The molecule has 0 radical (unpaired) electrons. The van der Waals surface area contributed by atoms with Gasteiger partial charge in [-0.25, -0.2) is 4.79 Å². The van der Waals surface area contributed by atoms with Crippen LogP contribution < -0.4 is 9.47 Å². The van der Waals surface area contributed by atoms with Gasteiger partial charge in [-0.05, 0) is 31.2 Å². The zero-order valence-corrected chi connectivity index (χ0v) is 13.1. The number of hydrogen-bond acceptors (Lipinski definition) is 7. The van der Waals surface area contributed by atoms with Crippen molar-refractivity contribution in [2.75, 3.05) is 13.7 Å². The summed E-state index contributed by atoms with van der Waals surface area (Å²) in [4.78, 5) is 21.6. The van der Waals surface area contributed by atoms with Crippen molar-refractivity contribution in [3.05, 3.63) is 58.0 Å². The maximum atomic E-state index is 11.7. The highest BCUT2D eigenvalue weighted by atomic mass is 16.6.